The molecule has 0 aromatic rings. The van der Waals surface area contributed by atoms with Gasteiger partial charge in [-0.15, -0.1) is 0 Å². The van der Waals surface area contributed by atoms with Gasteiger partial charge in [-0.05, 0) is 38.3 Å². The van der Waals surface area contributed by atoms with E-state index in [1.54, 1.807) is 0 Å². The average Bonchev–Trinajstić information content (AvgIpc) is 2.29. The van der Waals surface area contributed by atoms with Gasteiger partial charge in [-0.2, -0.15) is 0 Å². The Bertz CT molecular complexity index is 222. The van der Waals surface area contributed by atoms with Crippen LogP contribution >= 0.6 is 0 Å². The first-order chi connectivity index (χ1) is 8.02. The van der Waals surface area contributed by atoms with Crippen molar-refractivity contribution in [1.82, 2.24) is 4.90 Å². The predicted molar refractivity (Wildman–Crippen MR) is 73.0 cm³/mol. The Labute approximate surface area is 106 Å². The van der Waals surface area contributed by atoms with Gasteiger partial charge in [-0.3, -0.25) is 0 Å². The molecule has 1 saturated carbocycles. The van der Waals surface area contributed by atoms with Crippen molar-refractivity contribution in [3.63, 3.8) is 0 Å². The van der Waals surface area contributed by atoms with Crippen molar-refractivity contribution >= 4 is 0 Å². The van der Waals surface area contributed by atoms with E-state index in [0.29, 0.717) is 6.04 Å². The highest BCUT2D eigenvalue weighted by Crippen LogP contribution is 2.28. The summed E-state index contributed by atoms with van der Waals surface area (Å²) in [6, 6.07) is 0.339. The number of hydrogen-bond donors (Lipinski definition) is 2. The van der Waals surface area contributed by atoms with Crippen molar-refractivity contribution in [3.8, 4) is 0 Å². The Hall–Kier alpha value is -0.120. The summed E-state index contributed by atoms with van der Waals surface area (Å²) in [7, 11) is 2.14. The van der Waals surface area contributed by atoms with Crippen LogP contribution in [0.1, 0.15) is 52.4 Å². The molecule has 1 aliphatic rings. The molecule has 17 heavy (non-hydrogen) atoms. The molecule has 0 aromatic carbocycles. The van der Waals surface area contributed by atoms with Gasteiger partial charge in [0.2, 0.25) is 0 Å². The molecular weight excluding hydrogens is 212 g/mol. The van der Waals surface area contributed by atoms with E-state index in [0.717, 1.165) is 32.4 Å². The molecule has 0 aromatic heterocycles. The number of nitrogens with zero attached hydrogens (tertiary/aromatic N) is 1. The number of aliphatic hydroxyl groups excluding tert-OH is 1. The fraction of sp³-hybridized carbons (Fsp3) is 1.00. The van der Waals surface area contributed by atoms with Crippen molar-refractivity contribution in [1.29, 1.82) is 0 Å². The number of likely N-dealkylation sites (N-methyl/N-ethyl adjacent to an activating group) is 1. The lowest BCUT2D eigenvalue weighted by molar-refractivity contribution is 0.0144. The number of aliphatic hydroxyl groups is 1. The van der Waals surface area contributed by atoms with Gasteiger partial charge in [0.1, 0.15) is 0 Å². The fourth-order valence-corrected chi connectivity index (χ4v) is 3.17. The van der Waals surface area contributed by atoms with Crippen LogP contribution < -0.4 is 5.73 Å². The normalized spacial score (nSPS) is 29.3. The first-order valence-electron chi connectivity index (χ1n) is 7.11. The third kappa shape index (κ3) is 4.23. The van der Waals surface area contributed by atoms with Gasteiger partial charge in [0.05, 0.1) is 6.10 Å². The maximum absolute atomic E-state index is 10.1. The van der Waals surface area contributed by atoms with E-state index in [2.05, 4.69) is 25.8 Å². The van der Waals surface area contributed by atoms with Crippen LogP contribution in [0.15, 0.2) is 0 Å². The van der Waals surface area contributed by atoms with Crippen LogP contribution in [0, 0.1) is 5.41 Å². The Kier molecular flexibility index (Phi) is 5.90. The first kappa shape index (κ1) is 14.9. The molecule has 0 bridgehead atoms. The van der Waals surface area contributed by atoms with E-state index in [4.69, 9.17) is 5.73 Å². The zero-order chi connectivity index (χ0) is 12.9. The van der Waals surface area contributed by atoms with Crippen LogP contribution in [-0.4, -0.2) is 42.3 Å². The van der Waals surface area contributed by atoms with E-state index in [1.165, 1.54) is 19.3 Å². The summed E-state index contributed by atoms with van der Waals surface area (Å²) in [5.74, 6) is 0. The lowest BCUT2D eigenvalue weighted by atomic mass is 9.83. The van der Waals surface area contributed by atoms with Crippen molar-refractivity contribution in [2.45, 2.75) is 64.5 Å². The van der Waals surface area contributed by atoms with Crippen LogP contribution in [0.4, 0.5) is 0 Å². The molecule has 0 aliphatic heterocycles. The highest BCUT2D eigenvalue weighted by molar-refractivity contribution is 4.86. The predicted octanol–water partition coefficient (Wildman–Crippen LogP) is 1.99. The number of nitrogens with two attached hydrogens (primary N) is 1. The molecule has 1 aliphatic carbocycles. The standard InChI is InChI=1S/C14H30N2O/c1-4-9-14(2,10-15)11-16(3)12-7-5-6-8-13(12)17/h12-13,17H,4-11,15H2,1-3H3. The average molecular weight is 242 g/mol. The smallest absolute Gasteiger partial charge is 0.0695 e. The zero-order valence-electron chi connectivity index (χ0n) is 11.8. The van der Waals surface area contributed by atoms with Crippen LogP contribution in [-0.2, 0) is 0 Å². The van der Waals surface area contributed by atoms with Crippen LogP contribution in [0.5, 0.6) is 0 Å². The molecule has 0 radical (unpaired) electrons. The quantitative estimate of drug-likeness (QED) is 0.749. The van der Waals surface area contributed by atoms with Gasteiger partial charge in [-0.1, -0.05) is 33.1 Å². The highest BCUT2D eigenvalue weighted by atomic mass is 16.3. The first-order valence-corrected chi connectivity index (χ1v) is 7.11. The maximum Gasteiger partial charge on any atom is 0.0695 e. The van der Waals surface area contributed by atoms with Gasteiger partial charge >= 0.3 is 0 Å². The molecule has 3 N–H and O–H groups in total. The largest absolute Gasteiger partial charge is 0.391 e. The van der Waals surface area contributed by atoms with Crippen LogP contribution in [0.25, 0.3) is 0 Å². The molecule has 0 heterocycles. The van der Waals surface area contributed by atoms with Gasteiger partial charge in [0, 0.05) is 12.6 Å². The van der Waals surface area contributed by atoms with Gasteiger partial charge in [-0.25, -0.2) is 0 Å². The zero-order valence-corrected chi connectivity index (χ0v) is 11.8. The van der Waals surface area contributed by atoms with E-state index >= 15 is 0 Å². The summed E-state index contributed by atoms with van der Waals surface area (Å²) in [6.07, 6.45) is 6.71. The van der Waals surface area contributed by atoms with Gasteiger partial charge in [0.25, 0.3) is 0 Å². The lowest BCUT2D eigenvalue weighted by Crippen LogP contribution is -2.49. The molecule has 1 rings (SSSR count). The molecule has 3 unspecified atom stereocenters. The minimum atomic E-state index is -0.141. The maximum atomic E-state index is 10.1. The Balaban J connectivity index is 2.53. The topological polar surface area (TPSA) is 49.5 Å². The summed E-state index contributed by atoms with van der Waals surface area (Å²) < 4.78 is 0. The summed E-state index contributed by atoms with van der Waals surface area (Å²) >= 11 is 0. The second-order valence-electron chi connectivity index (χ2n) is 6.10. The summed E-state index contributed by atoms with van der Waals surface area (Å²) in [5.41, 5.74) is 6.11. The Morgan fingerprint density at radius 2 is 2.00 bits per heavy atom. The Morgan fingerprint density at radius 3 is 2.53 bits per heavy atom. The van der Waals surface area contributed by atoms with Crippen molar-refractivity contribution in [2.24, 2.45) is 11.1 Å². The van der Waals surface area contributed by atoms with Crippen LogP contribution in [0.3, 0.4) is 0 Å². The molecule has 3 nitrogen and oxygen atoms in total. The number of rotatable bonds is 6. The van der Waals surface area contributed by atoms with Crippen molar-refractivity contribution in [3.05, 3.63) is 0 Å². The molecule has 0 saturated heterocycles. The molecule has 0 amide bonds. The molecule has 0 spiro atoms. The van der Waals surface area contributed by atoms with Crippen molar-refractivity contribution in [2.75, 3.05) is 20.1 Å². The molecule has 3 atom stereocenters. The minimum absolute atomic E-state index is 0.141. The fourth-order valence-electron chi connectivity index (χ4n) is 3.17. The molecule has 1 fully saturated rings. The van der Waals surface area contributed by atoms with E-state index in [1.807, 2.05) is 0 Å². The highest BCUT2D eigenvalue weighted by Gasteiger charge is 2.31. The third-order valence-corrected chi connectivity index (χ3v) is 4.24. The molecular formula is C14H30N2O. The van der Waals surface area contributed by atoms with E-state index < -0.39 is 0 Å². The van der Waals surface area contributed by atoms with Crippen molar-refractivity contribution < 1.29 is 5.11 Å². The van der Waals surface area contributed by atoms with Crippen LogP contribution in [0.2, 0.25) is 0 Å². The monoisotopic (exact) mass is 242 g/mol. The third-order valence-electron chi connectivity index (χ3n) is 4.24. The summed E-state index contributed by atoms with van der Waals surface area (Å²) in [6.45, 7) is 6.21. The molecule has 102 valence electrons. The van der Waals surface area contributed by atoms with E-state index in [-0.39, 0.29) is 11.5 Å². The minimum Gasteiger partial charge on any atom is -0.391 e. The second-order valence-corrected chi connectivity index (χ2v) is 6.10. The van der Waals surface area contributed by atoms with Gasteiger partial charge < -0.3 is 15.7 Å². The second kappa shape index (κ2) is 6.72. The lowest BCUT2D eigenvalue weighted by Gasteiger charge is -2.40. The SMILES string of the molecule is CCCC(C)(CN)CN(C)C1CCCCC1O. The summed E-state index contributed by atoms with van der Waals surface area (Å²) in [4.78, 5) is 2.34. The van der Waals surface area contributed by atoms with Gasteiger partial charge in [0.15, 0.2) is 0 Å². The number of hydrogen-bond acceptors (Lipinski definition) is 3. The Morgan fingerprint density at radius 1 is 1.35 bits per heavy atom. The van der Waals surface area contributed by atoms with E-state index in [9.17, 15) is 5.11 Å². The molecule has 3 heteroatoms. The summed E-state index contributed by atoms with van der Waals surface area (Å²) in [5, 5.41) is 10.1.